The van der Waals surface area contributed by atoms with Crippen molar-refractivity contribution >= 4 is 33.2 Å². The number of rotatable bonds is 7. The van der Waals surface area contributed by atoms with Crippen molar-refractivity contribution in [3.05, 3.63) is 23.2 Å². The van der Waals surface area contributed by atoms with Gasteiger partial charge in [-0.1, -0.05) is 11.6 Å². The van der Waals surface area contributed by atoms with E-state index in [4.69, 9.17) is 21.1 Å². The molecule has 1 N–H and O–H groups in total. The van der Waals surface area contributed by atoms with Crippen molar-refractivity contribution in [2.75, 3.05) is 37.4 Å². The van der Waals surface area contributed by atoms with E-state index in [9.17, 15) is 13.2 Å². The molecule has 1 amide bonds. The van der Waals surface area contributed by atoms with Crippen LogP contribution in [-0.4, -0.2) is 53.5 Å². The van der Waals surface area contributed by atoms with E-state index in [0.717, 1.165) is 23.4 Å². The summed E-state index contributed by atoms with van der Waals surface area (Å²) in [4.78, 5) is 12.1. The molecule has 0 radical (unpaired) electrons. The maximum absolute atomic E-state index is 12.1. The first kappa shape index (κ1) is 18.8. The number of sulfonamides is 1. The van der Waals surface area contributed by atoms with E-state index in [1.807, 2.05) is 0 Å². The second-order valence-corrected chi connectivity index (χ2v) is 7.84. The standard InChI is InChI=1S/C15H21ClN2O5S/c1-22-14-6-5-11(8-13(14)16)18(24(2,20)21)10-15(19)17-9-12-4-3-7-23-12/h5-6,8,12H,3-4,7,9-10H2,1-2H3,(H,17,19)/t12-/m0/s1. The summed E-state index contributed by atoms with van der Waals surface area (Å²) in [5.41, 5.74) is 0.301. The fourth-order valence-electron chi connectivity index (χ4n) is 2.43. The van der Waals surface area contributed by atoms with E-state index in [0.29, 0.717) is 24.6 Å². The normalized spacial score (nSPS) is 17.5. The molecule has 0 spiro atoms. The summed E-state index contributed by atoms with van der Waals surface area (Å²) in [6.45, 7) is 0.744. The molecule has 9 heteroatoms. The van der Waals surface area contributed by atoms with E-state index in [2.05, 4.69) is 5.32 Å². The Morgan fingerprint density at radius 2 is 2.25 bits per heavy atom. The highest BCUT2D eigenvalue weighted by molar-refractivity contribution is 7.92. The first-order valence-corrected chi connectivity index (χ1v) is 9.73. The van der Waals surface area contributed by atoms with Crippen molar-refractivity contribution in [3.8, 4) is 5.75 Å². The first-order valence-electron chi connectivity index (χ1n) is 7.51. The van der Waals surface area contributed by atoms with E-state index in [-0.39, 0.29) is 17.7 Å². The summed E-state index contributed by atoms with van der Waals surface area (Å²) in [6.07, 6.45) is 2.90. The number of anilines is 1. The highest BCUT2D eigenvalue weighted by atomic mass is 35.5. The lowest BCUT2D eigenvalue weighted by Crippen LogP contribution is -2.42. The molecule has 7 nitrogen and oxygen atoms in total. The maximum atomic E-state index is 12.1. The summed E-state index contributed by atoms with van der Waals surface area (Å²) in [6, 6.07) is 4.55. The molecule has 1 heterocycles. The van der Waals surface area contributed by atoms with Gasteiger partial charge in [0.25, 0.3) is 0 Å². The van der Waals surface area contributed by atoms with Gasteiger partial charge in [0, 0.05) is 13.2 Å². The number of nitrogens with one attached hydrogen (secondary N) is 1. The molecule has 24 heavy (non-hydrogen) atoms. The van der Waals surface area contributed by atoms with Crippen LogP contribution in [0.15, 0.2) is 18.2 Å². The summed E-state index contributed by atoms with van der Waals surface area (Å²) in [5.74, 6) is 0.0274. The van der Waals surface area contributed by atoms with Crippen molar-refractivity contribution < 1.29 is 22.7 Å². The van der Waals surface area contributed by atoms with Crippen molar-refractivity contribution in [2.24, 2.45) is 0 Å². The highest BCUT2D eigenvalue weighted by Crippen LogP contribution is 2.30. The van der Waals surface area contributed by atoms with Gasteiger partial charge in [-0.2, -0.15) is 0 Å². The van der Waals surface area contributed by atoms with Crippen molar-refractivity contribution in [3.63, 3.8) is 0 Å². The number of nitrogens with zero attached hydrogens (tertiary/aromatic N) is 1. The fourth-order valence-corrected chi connectivity index (χ4v) is 3.53. The van der Waals surface area contributed by atoms with Gasteiger partial charge >= 0.3 is 0 Å². The average Bonchev–Trinajstić information content (AvgIpc) is 3.03. The van der Waals surface area contributed by atoms with Crippen LogP contribution in [0.1, 0.15) is 12.8 Å². The highest BCUT2D eigenvalue weighted by Gasteiger charge is 2.23. The molecule has 0 bridgehead atoms. The molecule has 1 atom stereocenters. The fraction of sp³-hybridized carbons (Fsp3) is 0.533. The van der Waals surface area contributed by atoms with Crippen LogP contribution in [0.5, 0.6) is 5.75 Å². The molecule has 134 valence electrons. The second kappa shape index (κ2) is 8.04. The topological polar surface area (TPSA) is 84.9 Å². The Hall–Kier alpha value is -1.51. The predicted octanol–water partition coefficient (Wildman–Crippen LogP) is 1.41. The van der Waals surface area contributed by atoms with Crippen LogP contribution in [0.25, 0.3) is 0 Å². The molecule has 0 aliphatic carbocycles. The Labute approximate surface area is 146 Å². The maximum Gasteiger partial charge on any atom is 0.240 e. The zero-order valence-corrected chi connectivity index (χ0v) is 15.2. The summed E-state index contributed by atoms with van der Waals surface area (Å²) in [5, 5.41) is 2.97. The van der Waals surface area contributed by atoms with Gasteiger partial charge in [0.15, 0.2) is 0 Å². The van der Waals surface area contributed by atoms with E-state index < -0.39 is 15.9 Å². The number of ether oxygens (including phenoxy) is 2. The monoisotopic (exact) mass is 376 g/mol. The van der Waals surface area contributed by atoms with E-state index in [1.165, 1.54) is 13.2 Å². The Kier molecular flexibility index (Phi) is 6.31. The van der Waals surface area contributed by atoms with Crippen LogP contribution >= 0.6 is 11.6 Å². The third kappa shape index (κ3) is 4.99. The molecule has 1 aromatic carbocycles. The summed E-state index contributed by atoms with van der Waals surface area (Å²) < 4.78 is 35.6. The van der Waals surface area contributed by atoms with Crippen LogP contribution in [-0.2, 0) is 19.6 Å². The third-order valence-electron chi connectivity index (χ3n) is 3.66. The lowest BCUT2D eigenvalue weighted by atomic mass is 10.2. The molecule has 1 aromatic rings. The average molecular weight is 377 g/mol. The summed E-state index contributed by atoms with van der Waals surface area (Å²) in [7, 11) is -2.18. The zero-order valence-electron chi connectivity index (χ0n) is 13.6. The molecule has 1 aliphatic heterocycles. The Morgan fingerprint density at radius 3 is 2.79 bits per heavy atom. The number of carbonyl (C=O) groups excluding carboxylic acids is 1. The number of amides is 1. The van der Waals surface area contributed by atoms with Gasteiger partial charge in [0.2, 0.25) is 15.9 Å². The lowest BCUT2D eigenvalue weighted by Gasteiger charge is -2.23. The smallest absolute Gasteiger partial charge is 0.240 e. The van der Waals surface area contributed by atoms with E-state index >= 15 is 0 Å². The van der Waals surface area contributed by atoms with Crippen molar-refractivity contribution in [2.45, 2.75) is 18.9 Å². The van der Waals surface area contributed by atoms with Gasteiger partial charge < -0.3 is 14.8 Å². The molecule has 0 saturated carbocycles. The van der Waals surface area contributed by atoms with Gasteiger partial charge in [-0.3, -0.25) is 9.10 Å². The van der Waals surface area contributed by atoms with Crippen LogP contribution < -0.4 is 14.4 Å². The number of hydrogen-bond acceptors (Lipinski definition) is 5. The SMILES string of the molecule is COc1ccc(N(CC(=O)NC[C@@H]2CCCO2)S(C)(=O)=O)cc1Cl. The number of methoxy groups -OCH3 is 1. The van der Waals surface area contributed by atoms with Gasteiger partial charge in [-0.15, -0.1) is 0 Å². The second-order valence-electron chi connectivity index (χ2n) is 5.53. The van der Waals surface area contributed by atoms with Crippen molar-refractivity contribution in [1.29, 1.82) is 0 Å². The first-order chi connectivity index (χ1) is 11.3. The van der Waals surface area contributed by atoms with Gasteiger partial charge in [-0.25, -0.2) is 8.42 Å². The number of hydrogen-bond donors (Lipinski definition) is 1. The molecular weight excluding hydrogens is 356 g/mol. The Morgan fingerprint density at radius 1 is 1.50 bits per heavy atom. The Bertz CT molecular complexity index is 689. The van der Waals surface area contributed by atoms with Gasteiger partial charge in [0.05, 0.1) is 30.2 Å². The predicted molar refractivity (Wildman–Crippen MR) is 92.2 cm³/mol. The van der Waals surface area contributed by atoms with E-state index in [1.54, 1.807) is 12.1 Å². The van der Waals surface area contributed by atoms with Crippen LogP contribution in [0, 0.1) is 0 Å². The molecule has 2 rings (SSSR count). The third-order valence-corrected chi connectivity index (χ3v) is 5.10. The molecule has 1 fully saturated rings. The number of carbonyl (C=O) groups is 1. The van der Waals surface area contributed by atoms with Crippen LogP contribution in [0.2, 0.25) is 5.02 Å². The minimum Gasteiger partial charge on any atom is -0.495 e. The largest absolute Gasteiger partial charge is 0.495 e. The number of benzene rings is 1. The van der Waals surface area contributed by atoms with Crippen molar-refractivity contribution in [1.82, 2.24) is 5.32 Å². The lowest BCUT2D eigenvalue weighted by molar-refractivity contribution is -0.120. The summed E-state index contributed by atoms with van der Waals surface area (Å²) >= 11 is 6.04. The number of halogens is 1. The molecule has 0 unspecified atom stereocenters. The van der Waals surface area contributed by atoms with Crippen LogP contribution in [0.4, 0.5) is 5.69 Å². The quantitative estimate of drug-likeness (QED) is 0.777. The molecule has 1 aliphatic rings. The van der Waals surface area contributed by atoms with Gasteiger partial charge in [0.1, 0.15) is 12.3 Å². The Balaban J connectivity index is 2.08. The van der Waals surface area contributed by atoms with Crippen LogP contribution in [0.3, 0.4) is 0 Å². The van der Waals surface area contributed by atoms with Gasteiger partial charge in [-0.05, 0) is 31.0 Å². The molecular formula is C15H21ClN2O5S. The molecule has 0 aromatic heterocycles. The minimum atomic E-state index is -3.64. The molecule has 1 saturated heterocycles. The zero-order chi connectivity index (χ0) is 17.7. The minimum absolute atomic E-state index is 0.00364.